The fourth-order valence-electron chi connectivity index (χ4n) is 3.13. The summed E-state index contributed by atoms with van der Waals surface area (Å²) in [5.74, 6) is 0.964. The second-order valence-corrected chi connectivity index (χ2v) is 9.88. The normalized spacial score (nSPS) is 22.6. The summed E-state index contributed by atoms with van der Waals surface area (Å²) < 4.78 is 26.4. The van der Waals surface area contributed by atoms with Crippen LogP contribution in [-0.4, -0.2) is 44.2 Å². The van der Waals surface area contributed by atoms with Crippen LogP contribution < -0.4 is 5.32 Å². The summed E-state index contributed by atoms with van der Waals surface area (Å²) in [4.78, 5) is 0. The Hall–Kier alpha value is -0.130. The molecule has 1 saturated carbocycles. The predicted molar refractivity (Wildman–Crippen MR) is 87.8 cm³/mol. The lowest BCUT2D eigenvalue weighted by Crippen LogP contribution is -2.42. The van der Waals surface area contributed by atoms with Gasteiger partial charge in [-0.2, -0.15) is 0 Å². The Bertz CT molecular complexity index is 416. The molecule has 21 heavy (non-hydrogen) atoms. The van der Waals surface area contributed by atoms with Gasteiger partial charge in [-0.25, -0.2) is 12.7 Å². The third-order valence-electron chi connectivity index (χ3n) is 4.91. The molecule has 0 radical (unpaired) electrons. The Kier molecular flexibility index (Phi) is 5.71. The van der Waals surface area contributed by atoms with Crippen LogP contribution in [0.15, 0.2) is 0 Å². The molecule has 0 aromatic rings. The van der Waals surface area contributed by atoms with Crippen LogP contribution in [0.1, 0.15) is 59.3 Å². The van der Waals surface area contributed by atoms with Gasteiger partial charge in [0.2, 0.25) is 10.0 Å². The van der Waals surface area contributed by atoms with Gasteiger partial charge in [-0.15, -0.1) is 0 Å². The maximum Gasteiger partial charge on any atom is 0.214 e. The van der Waals surface area contributed by atoms with E-state index in [1.807, 2.05) is 0 Å². The average Bonchev–Trinajstić information content (AvgIpc) is 3.21. The average molecular weight is 317 g/mol. The maximum absolute atomic E-state index is 12.4. The first-order valence-electron chi connectivity index (χ1n) is 8.50. The van der Waals surface area contributed by atoms with E-state index in [1.54, 1.807) is 4.31 Å². The second kappa shape index (κ2) is 6.97. The fraction of sp³-hybridized carbons (Fsp3) is 1.00. The van der Waals surface area contributed by atoms with E-state index in [0.717, 1.165) is 38.3 Å². The highest BCUT2D eigenvalue weighted by molar-refractivity contribution is 7.89. The molecule has 2 fully saturated rings. The van der Waals surface area contributed by atoms with Crippen LogP contribution >= 0.6 is 0 Å². The first-order chi connectivity index (χ1) is 9.79. The van der Waals surface area contributed by atoms with E-state index < -0.39 is 10.0 Å². The van der Waals surface area contributed by atoms with Crippen molar-refractivity contribution in [2.45, 2.75) is 65.3 Å². The van der Waals surface area contributed by atoms with Crippen LogP contribution in [0.3, 0.4) is 0 Å². The van der Waals surface area contributed by atoms with Gasteiger partial charge < -0.3 is 5.32 Å². The van der Waals surface area contributed by atoms with Crippen molar-refractivity contribution in [2.75, 3.05) is 25.4 Å². The van der Waals surface area contributed by atoms with Crippen molar-refractivity contribution in [1.29, 1.82) is 0 Å². The molecule has 124 valence electrons. The van der Waals surface area contributed by atoms with Crippen molar-refractivity contribution < 1.29 is 8.42 Å². The minimum Gasteiger partial charge on any atom is -0.314 e. The molecular weight excluding hydrogens is 284 g/mol. The monoisotopic (exact) mass is 316 g/mol. The van der Waals surface area contributed by atoms with E-state index in [4.69, 9.17) is 0 Å². The molecule has 1 N–H and O–H groups in total. The number of rotatable bonds is 7. The fourth-order valence-corrected chi connectivity index (χ4v) is 4.73. The summed E-state index contributed by atoms with van der Waals surface area (Å²) in [6.45, 7) is 9.17. The standard InChI is InChI=1S/C16H32N2O2S/c1-16(2,3)14-8-11-18(12-9-14)21(19,20)13-5-4-10-17-15-6-7-15/h14-15,17H,4-13H2,1-3H3. The number of hydrogen-bond donors (Lipinski definition) is 1. The first kappa shape index (κ1) is 17.2. The Balaban J connectivity index is 1.67. The molecule has 0 amide bonds. The van der Waals surface area contributed by atoms with Gasteiger partial charge in [-0.3, -0.25) is 0 Å². The number of sulfonamides is 1. The van der Waals surface area contributed by atoms with Gasteiger partial charge in [0.05, 0.1) is 5.75 Å². The van der Waals surface area contributed by atoms with E-state index in [1.165, 1.54) is 12.8 Å². The van der Waals surface area contributed by atoms with E-state index >= 15 is 0 Å². The topological polar surface area (TPSA) is 49.4 Å². The Labute approximate surface area is 130 Å². The summed E-state index contributed by atoms with van der Waals surface area (Å²) in [5, 5.41) is 3.44. The second-order valence-electron chi connectivity index (χ2n) is 7.79. The molecule has 5 heteroatoms. The quantitative estimate of drug-likeness (QED) is 0.735. The molecule has 1 saturated heterocycles. The van der Waals surface area contributed by atoms with Gasteiger partial charge in [0.25, 0.3) is 0 Å². The summed E-state index contributed by atoms with van der Waals surface area (Å²) in [6, 6.07) is 0.720. The summed E-state index contributed by atoms with van der Waals surface area (Å²) in [5.41, 5.74) is 0.296. The molecule has 0 aromatic carbocycles. The van der Waals surface area contributed by atoms with Crippen molar-refractivity contribution in [3.05, 3.63) is 0 Å². The van der Waals surface area contributed by atoms with E-state index in [0.29, 0.717) is 30.2 Å². The van der Waals surface area contributed by atoms with Crippen LogP contribution in [0.4, 0.5) is 0 Å². The van der Waals surface area contributed by atoms with Crippen LogP contribution in [0.5, 0.6) is 0 Å². The highest BCUT2D eigenvalue weighted by Gasteiger charge is 2.32. The van der Waals surface area contributed by atoms with Crippen molar-refractivity contribution in [2.24, 2.45) is 11.3 Å². The smallest absolute Gasteiger partial charge is 0.214 e. The van der Waals surface area contributed by atoms with Crippen LogP contribution in [0, 0.1) is 11.3 Å². The molecular formula is C16H32N2O2S. The predicted octanol–water partition coefficient (Wildman–Crippen LogP) is 2.61. The first-order valence-corrected chi connectivity index (χ1v) is 10.1. The van der Waals surface area contributed by atoms with Crippen LogP contribution in [-0.2, 0) is 10.0 Å². The third-order valence-corrected chi connectivity index (χ3v) is 6.87. The molecule has 0 bridgehead atoms. The molecule has 1 aliphatic carbocycles. The molecule has 4 nitrogen and oxygen atoms in total. The van der Waals surface area contributed by atoms with Gasteiger partial charge in [0.15, 0.2) is 0 Å². The number of piperidine rings is 1. The van der Waals surface area contributed by atoms with Crippen LogP contribution in [0.25, 0.3) is 0 Å². The lowest BCUT2D eigenvalue weighted by molar-refractivity contribution is 0.154. The van der Waals surface area contributed by atoms with Gasteiger partial charge in [-0.1, -0.05) is 20.8 Å². The number of hydrogen-bond acceptors (Lipinski definition) is 3. The van der Waals surface area contributed by atoms with E-state index in [9.17, 15) is 8.42 Å². The van der Waals surface area contributed by atoms with E-state index in [2.05, 4.69) is 26.1 Å². The Morgan fingerprint density at radius 1 is 1.05 bits per heavy atom. The van der Waals surface area contributed by atoms with Crippen molar-refractivity contribution in [3.63, 3.8) is 0 Å². The largest absolute Gasteiger partial charge is 0.314 e. The lowest BCUT2D eigenvalue weighted by atomic mass is 9.76. The summed E-state index contributed by atoms with van der Waals surface area (Å²) >= 11 is 0. The maximum atomic E-state index is 12.4. The zero-order valence-corrected chi connectivity index (χ0v) is 14.7. The molecule has 0 spiro atoms. The molecule has 0 atom stereocenters. The summed E-state index contributed by atoms with van der Waals surface area (Å²) in [7, 11) is -3.03. The van der Waals surface area contributed by atoms with Crippen molar-refractivity contribution in [3.8, 4) is 0 Å². The Morgan fingerprint density at radius 3 is 2.19 bits per heavy atom. The van der Waals surface area contributed by atoms with Gasteiger partial charge in [0, 0.05) is 19.1 Å². The Morgan fingerprint density at radius 2 is 1.67 bits per heavy atom. The molecule has 0 aromatic heterocycles. The van der Waals surface area contributed by atoms with Crippen LogP contribution in [0.2, 0.25) is 0 Å². The SMILES string of the molecule is CC(C)(C)C1CCN(S(=O)(=O)CCCCNC2CC2)CC1. The molecule has 0 unspecified atom stereocenters. The molecule has 2 aliphatic rings. The number of unbranched alkanes of at least 4 members (excludes halogenated alkanes) is 1. The minimum atomic E-state index is -3.03. The lowest BCUT2D eigenvalue weighted by Gasteiger charge is -2.38. The molecule has 1 aliphatic heterocycles. The van der Waals surface area contributed by atoms with Crippen molar-refractivity contribution in [1.82, 2.24) is 9.62 Å². The molecule has 1 heterocycles. The zero-order chi connectivity index (χ0) is 15.5. The third kappa shape index (κ3) is 5.53. The summed E-state index contributed by atoms with van der Waals surface area (Å²) in [6.07, 6.45) is 6.34. The van der Waals surface area contributed by atoms with Crippen molar-refractivity contribution >= 4 is 10.0 Å². The zero-order valence-electron chi connectivity index (χ0n) is 13.9. The highest BCUT2D eigenvalue weighted by atomic mass is 32.2. The van der Waals surface area contributed by atoms with Gasteiger partial charge in [0.1, 0.15) is 0 Å². The molecule has 2 rings (SSSR count). The van der Waals surface area contributed by atoms with Gasteiger partial charge >= 0.3 is 0 Å². The van der Waals surface area contributed by atoms with E-state index in [-0.39, 0.29) is 0 Å². The number of nitrogens with one attached hydrogen (secondary N) is 1. The number of nitrogens with zero attached hydrogens (tertiary/aromatic N) is 1. The van der Waals surface area contributed by atoms with Gasteiger partial charge in [-0.05, 0) is 56.4 Å². The minimum absolute atomic E-state index is 0.296. The highest BCUT2D eigenvalue weighted by Crippen LogP contribution is 2.34.